The summed E-state index contributed by atoms with van der Waals surface area (Å²) in [4.78, 5) is 27.2. The van der Waals surface area contributed by atoms with Crippen LogP contribution in [0.5, 0.6) is 0 Å². The van der Waals surface area contributed by atoms with Crippen molar-refractivity contribution in [1.82, 2.24) is 10.2 Å². The van der Waals surface area contributed by atoms with Gasteiger partial charge in [-0.25, -0.2) is 4.79 Å². The molecule has 2 aliphatic heterocycles. The van der Waals surface area contributed by atoms with E-state index in [-0.39, 0.29) is 11.3 Å². The number of carboxylic acid groups (broad SMARTS) is 1. The van der Waals surface area contributed by atoms with Gasteiger partial charge in [-0.15, -0.1) is 0 Å². The Labute approximate surface area is 158 Å². The number of carbonyl (C=O) groups is 2. The zero-order valence-corrected chi connectivity index (χ0v) is 15.6. The number of halogens is 1. The summed E-state index contributed by atoms with van der Waals surface area (Å²) < 4.78 is 0. The van der Waals surface area contributed by atoms with E-state index in [1.54, 1.807) is 4.90 Å². The lowest BCUT2D eigenvalue weighted by Gasteiger charge is -2.44. The molecule has 1 amide bonds. The Morgan fingerprint density at radius 1 is 1.12 bits per heavy atom. The van der Waals surface area contributed by atoms with Crippen molar-refractivity contribution in [2.45, 2.75) is 50.0 Å². The van der Waals surface area contributed by atoms with Crippen LogP contribution in [0.15, 0.2) is 24.3 Å². The number of hydrogen-bond acceptors (Lipinski definition) is 3. The Bertz CT molecular complexity index is 708. The second-order valence-corrected chi connectivity index (χ2v) is 8.62. The molecule has 1 spiro atoms. The number of benzene rings is 1. The van der Waals surface area contributed by atoms with Crippen LogP contribution >= 0.6 is 11.6 Å². The Balaban J connectivity index is 1.64. The van der Waals surface area contributed by atoms with Crippen LogP contribution in [-0.2, 0) is 15.0 Å². The van der Waals surface area contributed by atoms with Gasteiger partial charge < -0.3 is 15.3 Å². The third kappa shape index (κ3) is 2.81. The highest BCUT2D eigenvalue weighted by atomic mass is 35.5. The number of rotatable bonds is 3. The Kier molecular flexibility index (Phi) is 4.48. The van der Waals surface area contributed by atoms with Gasteiger partial charge in [-0.3, -0.25) is 4.79 Å². The number of piperidine rings is 1. The van der Waals surface area contributed by atoms with Crippen molar-refractivity contribution < 1.29 is 14.7 Å². The van der Waals surface area contributed by atoms with Crippen LogP contribution in [-0.4, -0.2) is 47.6 Å². The maximum absolute atomic E-state index is 13.6. The Morgan fingerprint density at radius 3 is 2.31 bits per heavy atom. The highest BCUT2D eigenvalue weighted by Crippen LogP contribution is 2.49. The first-order valence-electron chi connectivity index (χ1n) is 9.47. The number of nitrogens with one attached hydrogen (secondary N) is 1. The first-order chi connectivity index (χ1) is 12.5. The topological polar surface area (TPSA) is 69.6 Å². The lowest BCUT2D eigenvalue weighted by atomic mass is 9.63. The van der Waals surface area contributed by atoms with Crippen molar-refractivity contribution in [3.8, 4) is 0 Å². The molecule has 0 bridgehead atoms. The summed E-state index contributed by atoms with van der Waals surface area (Å²) >= 11 is 6.01. The molecule has 1 aromatic rings. The molecule has 0 radical (unpaired) electrons. The van der Waals surface area contributed by atoms with Gasteiger partial charge in [-0.2, -0.15) is 0 Å². The zero-order valence-electron chi connectivity index (χ0n) is 14.8. The number of amides is 1. The molecule has 3 fully saturated rings. The van der Waals surface area contributed by atoms with E-state index in [2.05, 4.69) is 5.32 Å². The Morgan fingerprint density at radius 2 is 1.77 bits per heavy atom. The van der Waals surface area contributed by atoms with Gasteiger partial charge in [0.05, 0.1) is 5.41 Å². The molecule has 0 aromatic heterocycles. The van der Waals surface area contributed by atoms with E-state index in [0.717, 1.165) is 50.8 Å². The van der Waals surface area contributed by atoms with Gasteiger partial charge in [0.25, 0.3) is 0 Å². The van der Waals surface area contributed by atoms with E-state index in [9.17, 15) is 14.7 Å². The van der Waals surface area contributed by atoms with Crippen LogP contribution in [0.3, 0.4) is 0 Å². The van der Waals surface area contributed by atoms with E-state index in [1.165, 1.54) is 0 Å². The standard InChI is InChI=1S/C20H25ClN2O3/c21-15-4-2-14(3-5-15)20(6-1-7-20)18(26)23-13-19(8-10-22-11-9-19)12-16(23)17(24)25/h2-5,16,22H,1,6-13H2,(H,24,25). The average Bonchev–Trinajstić information content (AvgIpc) is 2.95. The molecule has 2 saturated heterocycles. The van der Waals surface area contributed by atoms with Gasteiger partial charge in [-0.1, -0.05) is 30.2 Å². The van der Waals surface area contributed by atoms with E-state index < -0.39 is 17.4 Å². The second-order valence-electron chi connectivity index (χ2n) is 8.18. The van der Waals surface area contributed by atoms with Crippen LogP contribution in [0.2, 0.25) is 5.02 Å². The molecule has 1 unspecified atom stereocenters. The van der Waals surface area contributed by atoms with Crippen molar-refractivity contribution in [3.05, 3.63) is 34.9 Å². The number of hydrogen-bond donors (Lipinski definition) is 2. The molecule has 3 aliphatic rings. The molecule has 4 rings (SSSR count). The summed E-state index contributed by atoms with van der Waals surface area (Å²) in [5, 5.41) is 13.8. The maximum atomic E-state index is 13.6. The van der Waals surface area contributed by atoms with Crippen LogP contribution in [0, 0.1) is 5.41 Å². The fraction of sp³-hybridized carbons (Fsp3) is 0.600. The van der Waals surface area contributed by atoms with Gasteiger partial charge in [0.15, 0.2) is 0 Å². The molecule has 1 saturated carbocycles. The predicted octanol–water partition coefficient (Wildman–Crippen LogP) is 2.82. The van der Waals surface area contributed by atoms with E-state index >= 15 is 0 Å². The van der Waals surface area contributed by atoms with Gasteiger partial charge in [0.1, 0.15) is 6.04 Å². The van der Waals surface area contributed by atoms with Gasteiger partial charge in [0.2, 0.25) is 5.91 Å². The fourth-order valence-electron chi connectivity index (χ4n) is 5.01. The highest BCUT2D eigenvalue weighted by molar-refractivity contribution is 6.30. The zero-order chi connectivity index (χ0) is 18.4. The summed E-state index contributed by atoms with van der Waals surface area (Å²) in [5.41, 5.74) is 0.347. The minimum absolute atomic E-state index is 0.00567. The maximum Gasteiger partial charge on any atom is 0.326 e. The molecule has 1 atom stereocenters. The fourth-order valence-corrected chi connectivity index (χ4v) is 5.14. The second kappa shape index (κ2) is 6.54. The van der Waals surface area contributed by atoms with Crippen molar-refractivity contribution in [3.63, 3.8) is 0 Å². The van der Waals surface area contributed by atoms with Crippen molar-refractivity contribution in [1.29, 1.82) is 0 Å². The van der Waals surface area contributed by atoms with Crippen LogP contribution in [0.25, 0.3) is 0 Å². The van der Waals surface area contributed by atoms with E-state index in [4.69, 9.17) is 11.6 Å². The van der Waals surface area contributed by atoms with Gasteiger partial charge >= 0.3 is 5.97 Å². The summed E-state index contributed by atoms with van der Waals surface area (Å²) in [7, 11) is 0. The molecule has 2 heterocycles. The molecular formula is C20H25ClN2O3. The van der Waals surface area contributed by atoms with Gasteiger partial charge in [0, 0.05) is 11.6 Å². The molecule has 6 heteroatoms. The van der Waals surface area contributed by atoms with Crippen molar-refractivity contribution in [2.75, 3.05) is 19.6 Å². The third-order valence-corrected chi connectivity index (χ3v) is 6.98. The lowest BCUT2D eigenvalue weighted by Crippen LogP contribution is -2.54. The van der Waals surface area contributed by atoms with Crippen LogP contribution < -0.4 is 5.32 Å². The van der Waals surface area contributed by atoms with Crippen molar-refractivity contribution >= 4 is 23.5 Å². The minimum Gasteiger partial charge on any atom is -0.480 e. The molecule has 1 aliphatic carbocycles. The minimum atomic E-state index is -0.876. The van der Waals surface area contributed by atoms with Crippen LogP contribution in [0.4, 0.5) is 0 Å². The number of nitrogens with zero attached hydrogens (tertiary/aromatic N) is 1. The lowest BCUT2D eigenvalue weighted by molar-refractivity contribution is -0.152. The largest absolute Gasteiger partial charge is 0.480 e. The van der Waals surface area contributed by atoms with E-state index in [1.807, 2.05) is 24.3 Å². The Hall–Kier alpha value is -1.59. The highest BCUT2D eigenvalue weighted by Gasteiger charge is 2.55. The monoisotopic (exact) mass is 376 g/mol. The number of carboxylic acids is 1. The first-order valence-corrected chi connectivity index (χ1v) is 9.84. The molecule has 2 N–H and O–H groups in total. The number of carbonyl (C=O) groups excluding carboxylic acids is 1. The number of aliphatic carboxylic acids is 1. The van der Waals surface area contributed by atoms with Crippen LogP contribution in [0.1, 0.15) is 44.1 Å². The summed E-state index contributed by atoms with van der Waals surface area (Å²) in [6.07, 6.45) is 5.01. The summed E-state index contributed by atoms with van der Waals surface area (Å²) in [6, 6.07) is 6.77. The first kappa shape index (κ1) is 17.8. The number of likely N-dealkylation sites (tertiary alicyclic amines) is 1. The quantitative estimate of drug-likeness (QED) is 0.851. The predicted molar refractivity (Wildman–Crippen MR) is 99.3 cm³/mol. The molecule has 140 valence electrons. The molecule has 1 aromatic carbocycles. The molecule has 26 heavy (non-hydrogen) atoms. The summed E-state index contributed by atoms with van der Waals surface area (Å²) in [5.74, 6) is -0.881. The summed E-state index contributed by atoms with van der Waals surface area (Å²) in [6.45, 7) is 2.37. The SMILES string of the molecule is O=C(O)C1CC2(CCNCC2)CN1C(=O)C1(c2ccc(Cl)cc2)CCC1. The van der Waals surface area contributed by atoms with Gasteiger partial charge in [-0.05, 0) is 68.3 Å². The smallest absolute Gasteiger partial charge is 0.326 e. The molecule has 5 nitrogen and oxygen atoms in total. The third-order valence-electron chi connectivity index (χ3n) is 6.73. The van der Waals surface area contributed by atoms with E-state index in [0.29, 0.717) is 18.0 Å². The average molecular weight is 377 g/mol. The normalized spacial score (nSPS) is 26.5. The molecular weight excluding hydrogens is 352 g/mol. The van der Waals surface area contributed by atoms with Crippen molar-refractivity contribution in [2.24, 2.45) is 5.41 Å².